The number of halogens is 3. The molecule has 1 aliphatic rings. The van der Waals surface area contributed by atoms with Crippen molar-refractivity contribution in [3.8, 4) is 22.4 Å². The molecule has 4 aromatic rings. The molecule has 0 aliphatic heterocycles. The molecule has 9 nitrogen and oxygen atoms in total. The van der Waals surface area contributed by atoms with E-state index in [1.54, 1.807) is 42.7 Å². The molecule has 1 fully saturated rings. The number of amides is 1. The Hall–Kier alpha value is -4.64. The molecule has 1 aliphatic carbocycles. The highest BCUT2D eigenvalue weighted by Gasteiger charge is 2.34. The average Bonchev–Trinajstić information content (AvgIpc) is 3.68. The number of nitrogens with one attached hydrogen (secondary N) is 3. The summed E-state index contributed by atoms with van der Waals surface area (Å²) in [5.41, 5.74) is 9.40. The summed E-state index contributed by atoms with van der Waals surface area (Å²) in [6, 6.07) is 15.9. The Morgan fingerprint density at radius 2 is 1.95 bits per heavy atom. The van der Waals surface area contributed by atoms with Crippen LogP contribution in [0.15, 0.2) is 78.9 Å². The predicted octanol–water partition coefficient (Wildman–Crippen LogP) is 6.51. The minimum absolute atomic E-state index is 0.212. The largest absolute Gasteiger partial charge is 0.453 e. The molecular weight excluding hydrogens is 566 g/mol. The molecular formula is C30H30ClF2N6O3+. The number of H-pyrrole nitrogens is 1. The van der Waals surface area contributed by atoms with Crippen LogP contribution in [0.25, 0.3) is 22.4 Å². The smallest absolute Gasteiger partial charge is 0.411 e. The molecule has 6 N–H and O–H groups in total. The molecule has 0 radical (unpaired) electrons. The molecule has 0 bridgehead atoms. The molecule has 1 amide bonds. The van der Waals surface area contributed by atoms with Crippen LogP contribution in [-0.4, -0.2) is 34.8 Å². The quantitative estimate of drug-likeness (QED) is 0.105. The fourth-order valence-corrected chi connectivity index (χ4v) is 4.84. The van der Waals surface area contributed by atoms with Crippen molar-refractivity contribution in [2.45, 2.75) is 31.6 Å². The van der Waals surface area contributed by atoms with E-state index in [-0.39, 0.29) is 5.92 Å². The number of nitrogens with zero attached hydrogens (tertiary/aromatic N) is 2. The van der Waals surface area contributed by atoms with E-state index in [2.05, 4.69) is 25.3 Å². The third-order valence-corrected chi connectivity index (χ3v) is 7.31. The van der Waals surface area contributed by atoms with Crippen molar-refractivity contribution in [2.24, 2.45) is 11.7 Å². The number of methoxy groups -OCH3 is 1. The van der Waals surface area contributed by atoms with E-state index in [1.165, 1.54) is 7.11 Å². The number of alkyl halides is 2. The van der Waals surface area contributed by atoms with Gasteiger partial charge in [-0.25, -0.2) is 18.6 Å². The first kappa shape index (κ1) is 28.9. The number of allylic oxidation sites excluding steroid dienone is 1. The highest BCUT2D eigenvalue weighted by atomic mass is 35.5. The monoisotopic (exact) mass is 595 g/mol. The van der Waals surface area contributed by atoms with E-state index in [9.17, 15) is 18.8 Å². The molecule has 1 saturated carbocycles. The van der Waals surface area contributed by atoms with Gasteiger partial charge in [-0.05, 0) is 54.3 Å². The molecule has 2 aromatic carbocycles. The SMILES string of the molecule is COC(=O)Nc1ccc(-c2cnc(C(CC3CC3)c3ccc(-c4cc(Cl)ccc4N/C=C(\N)C(F)F)c[n+]3O)[nH]2)cc1. The van der Waals surface area contributed by atoms with Crippen molar-refractivity contribution < 1.29 is 28.2 Å². The number of rotatable bonds is 10. The summed E-state index contributed by atoms with van der Waals surface area (Å²) in [7, 11) is 1.30. The van der Waals surface area contributed by atoms with E-state index < -0.39 is 18.2 Å². The van der Waals surface area contributed by atoms with Gasteiger partial charge < -0.3 is 20.8 Å². The standard InChI is InChI=1S/C30H29ClF2N6O3/c1-42-30(40)37-21-8-4-18(5-9-21)26-15-36-29(38-26)23(12-17-2-3-17)27-11-6-19(16-39(27)41)22-13-20(31)7-10-25(22)35-14-24(34)28(32)33/h4-11,13-17,23,28,35H,2-3,12,34H2,1H3,(H2-,36,37,38,40,41)/p+1/b24-14-. The number of pyridine rings is 1. The van der Waals surface area contributed by atoms with Crippen LogP contribution in [0.4, 0.5) is 25.0 Å². The van der Waals surface area contributed by atoms with Gasteiger partial charge in [0.25, 0.3) is 6.43 Å². The van der Waals surface area contributed by atoms with Crippen LogP contribution in [0, 0.1) is 5.92 Å². The van der Waals surface area contributed by atoms with Crippen LogP contribution in [-0.2, 0) is 4.74 Å². The molecule has 2 heterocycles. The number of ether oxygens (including phenoxy) is 1. The van der Waals surface area contributed by atoms with Crippen LogP contribution in [0.5, 0.6) is 0 Å². The van der Waals surface area contributed by atoms with Crippen molar-refractivity contribution in [3.05, 3.63) is 95.4 Å². The lowest BCUT2D eigenvalue weighted by atomic mass is 9.95. The highest BCUT2D eigenvalue weighted by molar-refractivity contribution is 6.31. The maximum atomic E-state index is 12.9. The van der Waals surface area contributed by atoms with Gasteiger partial charge in [0.2, 0.25) is 11.9 Å². The Kier molecular flexibility index (Phi) is 8.58. The lowest BCUT2D eigenvalue weighted by Crippen LogP contribution is -2.37. The summed E-state index contributed by atoms with van der Waals surface area (Å²) in [5.74, 6) is 1.03. The number of nitrogens with two attached hydrogens (primary N) is 1. The number of hydrogen-bond acceptors (Lipinski definition) is 6. The molecule has 12 heteroatoms. The molecule has 1 unspecified atom stereocenters. The topological polar surface area (TPSA) is 129 Å². The van der Waals surface area contributed by atoms with E-state index in [0.29, 0.717) is 45.0 Å². The summed E-state index contributed by atoms with van der Waals surface area (Å²) in [6.07, 6.45) is 4.05. The molecule has 218 valence electrons. The summed E-state index contributed by atoms with van der Waals surface area (Å²) >= 11 is 6.24. The Labute approximate surface area is 246 Å². The summed E-state index contributed by atoms with van der Waals surface area (Å²) < 4.78 is 31.5. The van der Waals surface area contributed by atoms with Gasteiger partial charge in [-0.15, -0.1) is 0 Å². The number of hydrogen-bond donors (Lipinski definition) is 5. The Morgan fingerprint density at radius 1 is 1.21 bits per heavy atom. The van der Waals surface area contributed by atoms with Crippen LogP contribution in [0.3, 0.4) is 0 Å². The van der Waals surface area contributed by atoms with Crippen molar-refractivity contribution in [2.75, 3.05) is 17.7 Å². The number of aromatic nitrogens is 3. The van der Waals surface area contributed by atoms with Crippen molar-refractivity contribution >= 4 is 29.1 Å². The molecule has 5 rings (SSSR count). The fourth-order valence-electron chi connectivity index (χ4n) is 4.66. The first-order chi connectivity index (χ1) is 20.2. The lowest BCUT2D eigenvalue weighted by molar-refractivity contribution is -0.909. The van der Waals surface area contributed by atoms with Gasteiger partial charge in [0.05, 0.1) is 30.3 Å². The molecule has 42 heavy (non-hydrogen) atoms. The van der Waals surface area contributed by atoms with Crippen molar-refractivity contribution in [1.82, 2.24) is 9.97 Å². The highest BCUT2D eigenvalue weighted by Crippen LogP contribution is 2.41. The van der Waals surface area contributed by atoms with E-state index in [0.717, 1.165) is 41.5 Å². The van der Waals surface area contributed by atoms with Crippen LogP contribution in [0.2, 0.25) is 5.02 Å². The average molecular weight is 596 g/mol. The fraction of sp³-hybridized carbons (Fsp3) is 0.233. The number of imidazole rings is 1. The molecule has 2 aromatic heterocycles. The minimum atomic E-state index is -2.79. The zero-order valence-corrected chi connectivity index (χ0v) is 23.4. The van der Waals surface area contributed by atoms with Gasteiger partial charge in [0.1, 0.15) is 11.7 Å². The first-order valence-electron chi connectivity index (χ1n) is 13.3. The minimum Gasteiger partial charge on any atom is -0.453 e. The number of carbonyl (C=O) groups is 1. The van der Waals surface area contributed by atoms with Gasteiger partial charge in [-0.3, -0.25) is 10.5 Å². The Balaban J connectivity index is 1.42. The summed E-state index contributed by atoms with van der Waals surface area (Å²) in [6.45, 7) is 0. The van der Waals surface area contributed by atoms with E-state index in [4.69, 9.17) is 17.3 Å². The third kappa shape index (κ3) is 6.80. The van der Waals surface area contributed by atoms with E-state index >= 15 is 0 Å². The van der Waals surface area contributed by atoms with Gasteiger partial charge in [-0.2, -0.15) is 0 Å². The Bertz CT molecular complexity index is 1610. The zero-order valence-electron chi connectivity index (χ0n) is 22.7. The number of anilines is 2. The van der Waals surface area contributed by atoms with Gasteiger partial charge in [0, 0.05) is 39.0 Å². The second kappa shape index (κ2) is 12.5. The van der Waals surface area contributed by atoms with Crippen LogP contribution < -0.4 is 21.1 Å². The summed E-state index contributed by atoms with van der Waals surface area (Å²) in [4.78, 5) is 19.5. The predicted molar refractivity (Wildman–Crippen MR) is 155 cm³/mol. The number of carbonyl (C=O) groups excluding carboxylic acids is 1. The summed E-state index contributed by atoms with van der Waals surface area (Å²) in [5, 5.41) is 17.0. The normalized spacial score (nSPS) is 14.1. The van der Waals surface area contributed by atoms with E-state index in [1.807, 2.05) is 24.3 Å². The maximum absolute atomic E-state index is 12.9. The molecule has 0 spiro atoms. The first-order valence-corrected chi connectivity index (χ1v) is 13.6. The second-order valence-corrected chi connectivity index (χ2v) is 10.5. The van der Waals surface area contributed by atoms with Gasteiger partial charge in [-0.1, -0.05) is 36.6 Å². The second-order valence-electron chi connectivity index (χ2n) is 10.1. The third-order valence-electron chi connectivity index (χ3n) is 7.07. The zero-order chi connectivity index (χ0) is 29.8. The molecule has 0 saturated heterocycles. The number of aromatic amines is 1. The van der Waals surface area contributed by atoms with Gasteiger partial charge in [0.15, 0.2) is 0 Å². The van der Waals surface area contributed by atoms with Crippen LogP contribution >= 0.6 is 11.6 Å². The molecule has 1 atom stereocenters. The lowest BCUT2D eigenvalue weighted by Gasteiger charge is -2.13. The number of benzene rings is 2. The maximum Gasteiger partial charge on any atom is 0.411 e. The van der Waals surface area contributed by atoms with Gasteiger partial charge >= 0.3 is 6.09 Å². The van der Waals surface area contributed by atoms with Crippen LogP contribution in [0.1, 0.15) is 36.7 Å². The van der Waals surface area contributed by atoms with Crippen molar-refractivity contribution in [1.29, 1.82) is 0 Å². The Morgan fingerprint density at radius 3 is 2.62 bits per heavy atom. The van der Waals surface area contributed by atoms with Crippen molar-refractivity contribution in [3.63, 3.8) is 0 Å².